The first-order valence-electron chi connectivity index (χ1n) is 12.7. The molecular weight excluding hydrogens is 504 g/mol. The van der Waals surface area contributed by atoms with E-state index in [1.165, 1.54) is 18.2 Å². The van der Waals surface area contributed by atoms with Gasteiger partial charge < -0.3 is 19.5 Å². The molecule has 0 radical (unpaired) electrons. The topological polar surface area (TPSA) is 134 Å². The standard InChI is InChI=1S/C29H30N2O8/c1-5-38-28(33)23-16(3)30-22-15-21(17-10-12-20(37-4)13-11-17)25(29(34)39-6-2)27(32)26(22)24(23)18-8-7-9-19(14-18)31(35)36/h7-14,21,24-25,30H,5-6,15H2,1-4H3/t21-,24+,25-/m1/s1. The number of benzene rings is 2. The average molecular weight is 535 g/mol. The molecule has 0 saturated carbocycles. The molecule has 0 fully saturated rings. The average Bonchev–Trinajstić information content (AvgIpc) is 2.92. The zero-order valence-corrected chi connectivity index (χ0v) is 22.2. The Morgan fingerprint density at radius 3 is 2.36 bits per heavy atom. The predicted molar refractivity (Wildman–Crippen MR) is 141 cm³/mol. The second kappa shape index (κ2) is 11.5. The molecule has 2 aromatic rings. The van der Waals surface area contributed by atoms with Crippen LogP contribution >= 0.6 is 0 Å². The second-order valence-corrected chi connectivity index (χ2v) is 9.24. The third-order valence-corrected chi connectivity index (χ3v) is 7.01. The highest BCUT2D eigenvalue weighted by Gasteiger charge is 2.49. The number of ketones is 1. The van der Waals surface area contributed by atoms with Crippen molar-refractivity contribution in [3.05, 3.63) is 92.3 Å². The Hall–Kier alpha value is -4.47. The molecule has 1 N–H and O–H groups in total. The van der Waals surface area contributed by atoms with Gasteiger partial charge in [-0.05, 0) is 50.5 Å². The first kappa shape index (κ1) is 27.6. The maximum Gasteiger partial charge on any atom is 0.336 e. The summed E-state index contributed by atoms with van der Waals surface area (Å²) in [6, 6.07) is 12.9. The Labute approximate surface area is 225 Å². The van der Waals surface area contributed by atoms with Crippen molar-refractivity contribution in [2.45, 2.75) is 39.0 Å². The molecule has 204 valence electrons. The molecule has 10 nitrogen and oxygen atoms in total. The number of ether oxygens (including phenoxy) is 3. The van der Waals surface area contributed by atoms with Gasteiger partial charge in [-0.25, -0.2) is 4.79 Å². The van der Waals surface area contributed by atoms with E-state index >= 15 is 0 Å². The van der Waals surface area contributed by atoms with Crippen molar-refractivity contribution < 1.29 is 33.5 Å². The van der Waals surface area contributed by atoms with Gasteiger partial charge in [0.15, 0.2) is 5.78 Å². The highest BCUT2D eigenvalue weighted by Crippen LogP contribution is 2.48. The van der Waals surface area contributed by atoms with Crippen molar-refractivity contribution in [1.29, 1.82) is 0 Å². The van der Waals surface area contributed by atoms with E-state index in [9.17, 15) is 24.5 Å². The molecule has 3 atom stereocenters. The van der Waals surface area contributed by atoms with Crippen LogP contribution in [0.3, 0.4) is 0 Å². The zero-order chi connectivity index (χ0) is 28.3. The Morgan fingerprint density at radius 1 is 1.05 bits per heavy atom. The molecule has 1 aliphatic heterocycles. The summed E-state index contributed by atoms with van der Waals surface area (Å²) in [7, 11) is 1.55. The molecule has 0 unspecified atom stereocenters. The van der Waals surface area contributed by atoms with Crippen molar-refractivity contribution in [2.75, 3.05) is 20.3 Å². The quantitative estimate of drug-likeness (QED) is 0.227. The maximum absolute atomic E-state index is 14.3. The Balaban J connectivity index is 1.91. The fraction of sp³-hybridized carbons (Fsp3) is 0.345. The van der Waals surface area contributed by atoms with Crippen LogP contribution in [0, 0.1) is 16.0 Å². The summed E-state index contributed by atoms with van der Waals surface area (Å²) in [4.78, 5) is 51.7. The highest BCUT2D eigenvalue weighted by molar-refractivity contribution is 6.13. The molecular formula is C29H30N2O8. The van der Waals surface area contributed by atoms with E-state index in [1.807, 2.05) is 12.1 Å². The summed E-state index contributed by atoms with van der Waals surface area (Å²) in [5.74, 6) is -3.89. The lowest BCUT2D eigenvalue weighted by Crippen LogP contribution is -2.43. The third-order valence-electron chi connectivity index (χ3n) is 7.01. The van der Waals surface area contributed by atoms with E-state index in [1.54, 1.807) is 46.1 Å². The molecule has 2 aliphatic rings. The SMILES string of the molecule is CCOC(=O)C1=C(C)NC2=C(C(=O)[C@H](C(=O)OCC)[C@@H](c3ccc(OC)cc3)C2)[C@H]1c1cccc([N+](=O)[O-])c1. The molecule has 4 rings (SSSR count). The maximum atomic E-state index is 14.3. The van der Waals surface area contributed by atoms with Gasteiger partial charge in [0.05, 0.1) is 30.8 Å². The molecule has 2 aromatic carbocycles. The van der Waals surface area contributed by atoms with Crippen LogP contribution in [0.5, 0.6) is 5.75 Å². The molecule has 0 amide bonds. The first-order valence-corrected chi connectivity index (χ1v) is 12.7. The van der Waals surface area contributed by atoms with E-state index in [0.717, 1.165) is 5.56 Å². The fourth-order valence-electron chi connectivity index (χ4n) is 5.33. The number of dihydropyridines is 1. The van der Waals surface area contributed by atoms with Crippen LogP contribution < -0.4 is 10.1 Å². The minimum atomic E-state index is -1.18. The molecule has 1 heterocycles. The normalized spacial score (nSPS) is 20.6. The zero-order valence-electron chi connectivity index (χ0n) is 22.2. The summed E-state index contributed by atoms with van der Waals surface area (Å²) in [6.07, 6.45) is 0.274. The Bertz CT molecular complexity index is 1380. The van der Waals surface area contributed by atoms with Gasteiger partial charge in [0.2, 0.25) is 0 Å². The second-order valence-electron chi connectivity index (χ2n) is 9.24. The number of hydrogen-bond donors (Lipinski definition) is 1. The van der Waals surface area contributed by atoms with Gasteiger partial charge >= 0.3 is 11.9 Å². The number of nitrogens with one attached hydrogen (secondary N) is 1. The van der Waals surface area contributed by atoms with E-state index in [2.05, 4.69) is 5.32 Å². The number of nitrogens with zero attached hydrogens (tertiary/aromatic N) is 1. The largest absolute Gasteiger partial charge is 0.497 e. The minimum absolute atomic E-state index is 0.0868. The third kappa shape index (κ3) is 5.27. The fourth-order valence-corrected chi connectivity index (χ4v) is 5.33. The lowest BCUT2D eigenvalue weighted by Gasteiger charge is -2.39. The molecule has 0 aromatic heterocycles. The molecule has 1 aliphatic carbocycles. The first-order chi connectivity index (χ1) is 18.7. The monoisotopic (exact) mass is 534 g/mol. The Morgan fingerprint density at radius 2 is 1.74 bits per heavy atom. The lowest BCUT2D eigenvalue weighted by atomic mass is 9.67. The van der Waals surface area contributed by atoms with Crippen LogP contribution in [0.1, 0.15) is 50.2 Å². The predicted octanol–water partition coefficient (Wildman–Crippen LogP) is 4.32. The molecule has 39 heavy (non-hydrogen) atoms. The van der Waals surface area contributed by atoms with Gasteiger partial charge in [-0.3, -0.25) is 19.7 Å². The number of Topliss-reactive ketones (excluding diaryl/α,β-unsaturated/α-hetero) is 1. The van der Waals surface area contributed by atoms with Crippen LogP contribution in [-0.4, -0.2) is 43.0 Å². The van der Waals surface area contributed by atoms with Gasteiger partial charge in [-0.2, -0.15) is 0 Å². The van der Waals surface area contributed by atoms with E-state index in [0.29, 0.717) is 22.7 Å². The number of esters is 2. The van der Waals surface area contributed by atoms with Crippen molar-refractivity contribution in [1.82, 2.24) is 5.32 Å². The summed E-state index contributed by atoms with van der Waals surface area (Å²) in [5, 5.41) is 14.8. The van der Waals surface area contributed by atoms with Gasteiger partial charge in [0.1, 0.15) is 11.7 Å². The van der Waals surface area contributed by atoms with Crippen molar-refractivity contribution in [3.8, 4) is 5.75 Å². The van der Waals surface area contributed by atoms with Crippen LogP contribution in [0.2, 0.25) is 0 Å². The number of nitro groups is 1. The summed E-state index contributed by atoms with van der Waals surface area (Å²) >= 11 is 0. The summed E-state index contributed by atoms with van der Waals surface area (Å²) in [5.41, 5.74) is 2.32. The van der Waals surface area contributed by atoms with Crippen LogP contribution in [-0.2, 0) is 23.9 Å². The highest BCUT2D eigenvalue weighted by atomic mass is 16.6. The number of methoxy groups -OCH3 is 1. The van der Waals surface area contributed by atoms with Crippen LogP contribution in [0.15, 0.2) is 71.1 Å². The number of allylic oxidation sites excluding steroid dienone is 3. The molecule has 0 bridgehead atoms. The van der Waals surface area contributed by atoms with Gasteiger partial charge in [-0.1, -0.05) is 24.3 Å². The van der Waals surface area contributed by atoms with Crippen LogP contribution in [0.4, 0.5) is 5.69 Å². The van der Waals surface area contributed by atoms with Gasteiger partial charge in [0, 0.05) is 40.9 Å². The van der Waals surface area contributed by atoms with E-state index < -0.39 is 40.4 Å². The smallest absolute Gasteiger partial charge is 0.336 e. The number of hydrogen-bond acceptors (Lipinski definition) is 9. The molecule has 0 spiro atoms. The Kier molecular flexibility index (Phi) is 8.13. The lowest BCUT2D eigenvalue weighted by molar-refractivity contribution is -0.384. The van der Waals surface area contributed by atoms with Crippen molar-refractivity contribution in [2.24, 2.45) is 5.92 Å². The number of non-ortho nitro benzene ring substituents is 1. The van der Waals surface area contributed by atoms with Crippen molar-refractivity contribution in [3.63, 3.8) is 0 Å². The summed E-state index contributed by atoms with van der Waals surface area (Å²) < 4.78 is 15.9. The number of nitro benzene ring substituents is 1. The van der Waals surface area contributed by atoms with Crippen LogP contribution in [0.25, 0.3) is 0 Å². The van der Waals surface area contributed by atoms with E-state index in [-0.39, 0.29) is 36.5 Å². The van der Waals surface area contributed by atoms with E-state index in [4.69, 9.17) is 14.2 Å². The number of rotatable bonds is 8. The van der Waals surface area contributed by atoms with Crippen molar-refractivity contribution >= 4 is 23.4 Å². The summed E-state index contributed by atoms with van der Waals surface area (Å²) in [6.45, 7) is 5.22. The van der Waals surface area contributed by atoms with Gasteiger partial charge in [-0.15, -0.1) is 0 Å². The minimum Gasteiger partial charge on any atom is -0.497 e. The number of carbonyl (C=O) groups excluding carboxylic acids is 3. The molecule has 0 saturated heterocycles. The molecule has 10 heteroatoms. The van der Waals surface area contributed by atoms with Gasteiger partial charge in [0.25, 0.3) is 5.69 Å². The number of carbonyl (C=O) groups is 3.